The van der Waals surface area contributed by atoms with Gasteiger partial charge >= 0.3 is 0 Å². The van der Waals surface area contributed by atoms with Crippen molar-refractivity contribution >= 4 is 46.9 Å². The van der Waals surface area contributed by atoms with Crippen LogP contribution in [-0.4, -0.2) is 46.7 Å². The standard InChI is InChI=1S/C27H28ClN7OS/c1-19-15-21(28)11-14-24(19)29-17-25-31-33-27(35(25)23-7-5-4-6-8-23)37-18-26(36)32-30-16-20-9-12-22(13-10-20)34(2)3/h4-16,29H,17-18H2,1-3H3,(H,32,36)/b30-16+. The van der Waals surface area contributed by atoms with Crippen molar-refractivity contribution in [3.63, 3.8) is 0 Å². The lowest BCUT2D eigenvalue weighted by Crippen LogP contribution is -2.20. The Balaban J connectivity index is 1.41. The highest BCUT2D eigenvalue weighted by atomic mass is 35.5. The Kier molecular flexibility index (Phi) is 8.81. The number of aryl methyl sites for hydroxylation is 1. The van der Waals surface area contributed by atoms with Crippen molar-refractivity contribution in [3.05, 3.63) is 94.8 Å². The van der Waals surface area contributed by atoms with Crippen molar-refractivity contribution in [1.82, 2.24) is 20.2 Å². The van der Waals surface area contributed by atoms with Gasteiger partial charge in [-0.15, -0.1) is 10.2 Å². The number of nitrogens with one attached hydrogen (secondary N) is 2. The minimum Gasteiger partial charge on any atom is -0.378 e. The number of rotatable bonds is 10. The molecule has 0 saturated heterocycles. The highest BCUT2D eigenvalue weighted by molar-refractivity contribution is 7.99. The maximum Gasteiger partial charge on any atom is 0.250 e. The third-order valence-corrected chi connectivity index (χ3v) is 6.65. The molecule has 0 fully saturated rings. The minimum absolute atomic E-state index is 0.144. The Morgan fingerprint density at radius 3 is 2.54 bits per heavy atom. The molecule has 0 aliphatic heterocycles. The van der Waals surface area contributed by atoms with Gasteiger partial charge < -0.3 is 10.2 Å². The van der Waals surface area contributed by atoms with Gasteiger partial charge in [0.1, 0.15) is 0 Å². The highest BCUT2D eigenvalue weighted by Gasteiger charge is 2.16. The van der Waals surface area contributed by atoms with Crippen LogP contribution < -0.4 is 15.6 Å². The van der Waals surface area contributed by atoms with Gasteiger partial charge in [-0.05, 0) is 60.5 Å². The van der Waals surface area contributed by atoms with E-state index >= 15 is 0 Å². The van der Waals surface area contributed by atoms with Gasteiger partial charge in [0.05, 0.1) is 18.5 Å². The van der Waals surface area contributed by atoms with E-state index in [-0.39, 0.29) is 11.7 Å². The Morgan fingerprint density at radius 1 is 1.08 bits per heavy atom. The van der Waals surface area contributed by atoms with Crippen LogP contribution in [0.25, 0.3) is 5.69 Å². The predicted molar refractivity (Wildman–Crippen MR) is 152 cm³/mol. The molecule has 8 nitrogen and oxygen atoms in total. The molecule has 2 N–H and O–H groups in total. The zero-order valence-electron chi connectivity index (χ0n) is 20.9. The summed E-state index contributed by atoms with van der Waals surface area (Å²) < 4.78 is 1.95. The fourth-order valence-corrected chi connectivity index (χ4v) is 4.53. The van der Waals surface area contributed by atoms with Gasteiger partial charge in [-0.3, -0.25) is 9.36 Å². The van der Waals surface area contributed by atoms with E-state index in [4.69, 9.17) is 11.6 Å². The van der Waals surface area contributed by atoms with Gasteiger partial charge in [0.15, 0.2) is 11.0 Å². The summed E-state index contributed by atoms with van der Waals surface area (Å²) >= 11 is 7.38. The molecule has 1 amide bonds. The van der Waals surface area contributed by atoms with E-state index in [1.807, 2.05) is 103 Å². The average molecular weight is 534 g/mol. The van der Waals surface area contributed by atoms with E-state index in [0.717, 1.165) is 34.0 Å². The number of aromatic nitrogens is 3. The first-order valence-electron chi connectivity index (χ1n) is 11.6. The third-order valence-electron chi connectivity index (χ3n) is 5.48. The molecule has 1 aromatic heterocycles. The number of hydrogen-bond acceptors (Lipinski definition) is 7. The van der Waals surface area contributed by atoms with E-state index in [2.05, 4.69) is 26.0 Å². The summed E-state index contributed by atoms with van der Waals surface area (Å²) in [6.07, 6.45) is 1.62. The number of nitrogens with zero attached hydrogens (tertiary/aromatic N) is 5. The molecule has 0 saturated carbocycles. The lowest BCUT2D eigenvalue weighted by Gasteiger charge is -2.12. The predicted octanol–water partition coefficient (Wildman–Crippen LogP) is 5.15. The fraction of sp³-hybridized carbons (Fsp3) is 0.185. The van der Waals surface area contributed by atoms with Gasteiger partial charge in [-0.25, -0.2) is 5.43 Å². The number of halogens is 1. The first kappa shape index (κ1) is 26.2. The summed E-state index contributed by atoms with van der Waals surface area (Å²) in [6, 6.07) is 23.4. The van der Waals surface area contributed by atoms with E-state index in [9.17, 15) is 4.79 Å². The Hall–Kier alpha value is -3.82. The number of hydrogen-bond donors (Lipinski definition) is 2. The molecule has 4 rings (SSSR count). The van der Waals surface area contributed by atoms with Crippen molar-refractivity contribution in [2.24, 2.45) is 5.10 Å². The summed E-state index contributed by atoms with van der Waals surface area (Å²) in [5.41, 5.74) is 7.50. The summed E-state index contributed by atoms with van der Waals surface area (Å²) in [6.45, 7) is 2.45. The average Bonchev–Trinajstić information content (AvgIpc) is 3.30. The number of benzene rings is 3. The lowest BCUT2D eigenvalue weighted by molar-refractivity contribution is -0.118. The van der Waals surface area contributed by atoms with Crippen LogP contribution in [0.2, 0.25) is 5.02 Å². The molecular weight excluding hydrogens is 506 g/mol. The summed E-state index contributed by atoms with van der Waals surface area (Å²) in [5, 5.41) is 17.5. The molecule has 10 heteroatoms. The van der Waals surface area contributed by atoms with Crippen LogP contribution in [0.3, 0.4) is 0 Å². The van der Waals surface area contributed by atoms with Crippen molar-refractivity contribution < 1.29 is 4.79 Å². The van der Waals surface area contributed by atoms with E-state index in [1.165, 1.54) is 11.8 Å². The van der Waals surface area contributed by atoms with Gasteiger partial charge in [0.2, 0.25) is 0 Å². The maximum absolute atomic E-state index is 12.4. The zero-order valence-corrected chi connectivity index (χ0v) is 22.4. The number of amides is 1. The van der Waals surface area contributed by atoms with Gasteiger partial charge in [0, 0.05) is 36.2 Å². The molecule has 4 aromatic rings. The summed E-state index contributed by atoms with van der Waals surface area (Å²) in [7, 11) is 3.97. The molecule has 0 spiro atoms. The van der Waals surface area contributed by atoms with Crippen LogP contribution in [0.1, 0.15) is 17.0 Å². The molecule has 190 valence electrons. The van der Waals surface area contributed by atoms with Gasteiger partial charge in [-0.1, -0.05) is 53.7 Å². The Bertz CT molecular complexity index is 1370. The number of hydrazone groups is 1. The molecule has 0 radical (unpaired) electrons. The second-order valence-electron chi connectivity index (χ2n) is 8.45. The largest absolute Gasteiger partial charge is 0.378 e. The van der Waals surface area contributed by atoms with Crippen LogP contribution in [-0.2, 0) is 11.3 Å². The van der Waals surface area contributed by atoms with Crippen LogP contribution in [0.15, 0.2) is 83.1 Å². The third kappa shape index (κ3) is 7.12. The second kappa shape index (κ2) is 12.4. The molecule has 3 aromatic carbocycles. The quantitative estimate of drug-likeness (QED) is 0.166. The fourth-order valence-electron chi connectivity index (χ4n) is 3.54. The first-order chi connectivity index (χ1) is 17.9. The van der Waals surface area contributed by atoms with Crippen molar-refractivity contribution in [2.45, 2.75) is 18.6 Å². The summed E-state index contributed by atoms with van der Waals surface area (Å²) in [4.78, 5) is 14.5. The molecule has 0 unspecified atom stereocenters. The lowest BCUT2D eigenvalue weighted by atomic mass is 10.2. The van der Waals surface area contributed by atoms with Crippen molar-refractivity contribution in [3.8, 4) is 5.69 Å². The number of para-hydroxylation sites is 1. The van der Waals surface area contributed by atoms with Crippen LogP contribution in [0.4, 0.5) is 11.4 Å². The SMILES string of the molecule is Cc1cc(Cl)ccc1NCc1nnc(SCC(=O)N/N=C/c2ccc(N(C)C)cc2)n1-c1ccccc1. The number of anilines is 2. The minimum atomic E-state index is -0.231. The van der Waals surface area contributed by atoms with Crippen LogP contribution in [0.5, 0.6) is 0 Å². The van der Waals surface area contributed by atoms with Crippen LogP contribution >= 0.6 is 23.4 Å². The zero-order chi connectivity index (χ0) is 26.2. The molecular formula is C27H28ClN7OS. The monoisotopic (exact) mass is 533 g/mol. The molecule has 0 atom stereocenters. The van der Waals surface area contributed by atoms with Gasteiger partial charge in [0.25, 0.3) is 5.91 Å². The maximum atomic E-state index is 12.4. The van der Waals surface area contributed by atoms with Gasteiger partial charge in [-0.2, -0.15) is 5.10 Å². The van der Waals surface area contributed by atoms with E-state index in [1.54, 1.807) is 6.21 Å². The molecule has 37 heavy (non-hydrogen) atoms. The second-order valence-corrected chi connectivity index (χ2v) is 9.83. The number of carbonyl (C=O) groups is 1. The molecule has 0 aliphatic rings. The van der Waals surface area contributed by atoms with Crippen molar-refractivity contribution in [2.75, 3.05) is 30.1 Å². The first-order valence-corrected chi connectivity index (χ1v) is 13.0. The molecule has 1 heterocycles. The topological polar surface area (TPSA) is 87.4 Å². The van der Waals surface area contributed by atoms with E-state index in [0.29, 0.717) is 16.7 Å². The smallest absolute Gasteiger partial charge is 0.250 e. The molecule has 0 bridgehead atoms. The normalized spacial score (nSPS) is 11.0. The number of carbonyl (C=O) groups excluding carboxylic acids is 1. The van der Waals surface area contributed by atoms with Crippen molar-refractivity contribution in [1.29, 1.82) is 0 Å². The Labute approximate surface area is 225 Å². The van der Waals surface area contributed by atoms with Crippen LogP contribution in [0, 0.1) is 6.92 Å². The highest BCUT2D eigenvalue weighted by Crippen LogP contribution is 2.24. The van der Waals surface area contributed by atoms with E-state index < -0.39 is 0 Å². The summed E-state index contributed by atoms with van der Waals surface area (Å²) in [5.74, 6) is 0.638. The molecule has 0 aliphatic carbocycles. The number of thioether (sulfide) groups is 1. The Morgan fingerprint density at radius 2 is 1.84 bits per heavy atom.